The van der Waals surface area contributed by atoms with Crippen LogP contribution in [0, 0.1) is 6.92 Å². The summed E-state index contributed by atoms with van der Waals surface area (Å²) in [5, 5.41) is 0. The monoisotopic (exact) mass is 291 g/mol. The number of benzene rings is 1. The van der Waals surface area contributed by atoms with Crippen LogP contribution in [0.25, 0.3) is 0 Å². The third-order valence-corrected chi connectivity index (χ3v) is 6.03. The predicted molar refractivity (Wildman–Crippen MR) is 86.2 cm³/mol. The lowest BCUT2D eigenvalue weighted by molar-refractivity contribution is -0.0555. The molecule has 1 aromatic rings. The van der Waals surface area contributed by atoms with Gasteiger partial charge >= 0.3 is 0 Å². The zero-order chi connectivity index (χ0) is 14.0. The molecule has 1 saturated carbocycles. The first kappa shape index (κ1) is 14.3. The molecule has 2 nitrogen and oxygen atoms in total. The molecule has 0 aromatic heterocycles. The van der Waals surface area contributed by atoms with Crippen molar-refractivity contribution in [3.05, 3.63) is 23.8 Å². The Balaban J connectivity index is 1.54. The zero-order valence-electron chi connectivity index (χ0n) is 12.4. The molecule has 1 aromatic carbocycles. The molecular weight excluding hydrogens is 266 g/mol. The number of thioether (sulfide) groups is 1. The van der Waals surface area contributed by atoms with E-state index in [1.54, 1.807) is 0 Å². The second-order valence-electron chi connectivity index (χ2n) is 6.36. The van der Waals surface area contributed by atoms with Gasteiger partial charge in [-0.15, -0.1) is 11.8 Å². The number of hydrogen-bond donors (Lipinski definition) is 1. The quantitative estimate of drug-likeness (QED) is 0.655. The molecule has 0 bridgehead atoms. The van der Waals surface area contributed by atoms with E-state index in [-0.39, 0.29) is 5.60 Å². The number of hydrogen-bond acceptors (Lipinski definition) is 3. The molecule has 3 rings (SSSR count). The lowest BCUT2D eigenvalue weighted by atomic mass is 9.83. The first-order chi connectivity index (χ1) is 9.67. The average Bonchev–Trinajstić information content (AvgIpc) is 2.82. The number of rotatable bonds is 3. The molecule has 0 radical (unpaired) electrons. The van der Waals surface area contributed by atoms with Gasteiger partial charge in [-0.25, -0.2) is 0 Å². The normalized spacial score (nSPS) is 25.1. The number of anilines is 1. The first-order valence-corrected chi connectivity index (χ1v) is 8.82. The summed E-state index contributed by atoms with van der Waals surface area (Å²) in [6.45, 7) is 2.14. The summed E-state index contributed by atoms with van der Waals surface area (Å²) >= 11 is 1.92. The summed E-state index contributed by atoms with van der Waals surface area (Å²) in [5.74, 6) is 1.08. The summed E-state index contributed by atoms with van der Waals surface area (Å²) in [7, 11) is 0. The average molecular weight is 291 g/mol. The van der Waals surface area contributed by atoms with E-state index in [1.165, 1.54) is 55.4 Å². The predicted octanol–water partition coefficient (Wildman–Crippen LogP) is 4.55. The Kier molecular flexibility index (Phi) is 4.27. The van der Waals surface area contributed by atoms with Crippen molar-refractivity contribution in [3.8, 4) is 0 Å². The molecule has 1 saturated heterocycles. The summed E-state index contributed by atoms with van der Waals surface area (Å²) < 4.78 is 6.43. The minimum absolute atomic E-state index is 0.250. The number of nitrogen functional groups attached to an aromatic ring is 1. The van der Waals surface area contributed by atoms with E-state index in [0.29, 0.717) is 6.10 Å². The first-order valence-electron chi connectivity index (χ1n) is 7.84. The summed E-state index contributed by atoms with van der Waals surface area (Å²) in [4.78, 5) is 1.34. The molecule has 2 fully saturated rings. The van der Waals surface area contributed by atoms with E-state index in [2.05, 4.69) is 19.1 Å². The van der Waals surface area contributed by atoms with Crippen molar-refractivity contribution in [1.82, 2.24) is 0 Å². The fourth-order valence-corrected chi connectivity index (χ4v) is 4.65. The van der Waals surface area contributed by atoms with Crippen molar-refractivity contribution < 1.29 is 4.74 Å². The number of ether oxygens (including phenoxy) is 1. The number of nitrogens with two attached hydrogens (primary N) is 1. The minimum atomic E-state index is 0.250. The van der Waals surface area contributed by atoms with E-state index >= 15 is 0 Å². The highest BCUT2D eigenvalue weighted by atomic mass is 32.2. The van der Waals surface area contributed by atoms with Crippen LogP contribution in [0.1, 0.15) is 50.5 Å². The van der Waals surface area contributed by atoms with Crippen molar-refractivity contribution in [2.75, 3.05) is 11.5 Å². The molecule has 3 heteroatoms. The molecule has 1 aliphatic carbocycles. The molecule has 1 unspecified atom stereocenters. The Labute approximate surface area is 126 Å². The topological polar surface area (TPSA) is 35.2 Å². The van der Waals surface area contributed by atoms with Crippen LogP contribution in [0.5, 0.6) is 0 Å². The van der Waals surface area contributed by atoms with Crippen LogP contribution >= 0.6 is 11.8 Å². The highest BCUT2D eigenvalue weighted by molar-refractivity contribution is 7.99. The van der Waals surface area contributed by atoms with E-state index in [9.17, 15) is 0 Å². The molecule has 1 heterocycles. The molecule has 1 aliphatic heterocycles. The lowest BCUT2D eigenvalue weighted by Gasteiger charge is -2.33. The molecule has 110 valence electrons. The van der Waals surface area contributed by atoms with E-state index in [1.807, 2.05) is 17.8 Å². The largest absolute Gasteiger partial charge is 0.399 e. The Hall–Kier alpha value is -0.670. The van der Waals surface area contributed by atoms with E-state index in [0.717, 1.165) is 11.4 Å². The van der Waals surface area contributed by atoms with Gasteiger partial charge in [-0.2, -0.15) is 0 Å². The highest BCUT2D eigenvalue weighted by Crippen LogP contribution is 2.43. The van der Waals surface area contributed by atoms with Gasteiger partial charge in [-0.1, -0.05) is 19.3 Å². The van der Waals surface area contributed by atoms with Gasteiger partial charge in [0.15, 0.2) is 0 Å². The minimum Gasteiger partial charge on any atom is -0.399 e. The van der Waals surface area contributed by atoms with Crippen LogP contribution in [0.3, 0.4) is 0 Å². The summed E-state index contributed by atoms with van der Waals surface area (Å²) in [6, 6.07) is 6.19. The lowest BCUT2D eigenvalue weighted by Crippen LogP contribution is -2.32. The SMILES string of the molecule is Cc1cc(N)ccc1SCC1CCC2(CCCCC2)O1. The maximum absolute atomic E-state index is 6.43. The highest BCUT2D eigenvalue weighted by Gasteiger charge is 2.40. The van der Waals surface area contributed by atoms with Crippen LogP contribution in [-0.2, 0) is 4.74 Å². The van der Waals surface area contributed by atoms with Crippen LogP contribution < -0.4 is 5.73 Å². The Morgan fingerprint density at radius 2 is 2.05 bits per heavy atom. The Bertz CT molecular complexity index is 468. The van der Waals surface area contributed by atoms with Crippen LogP contribution in [0.4, 0.5) is 5.69 Å². The fourth-order valence-electron chi connectivity index (χ4n) is 3.59. The summed E-state index contributed by atoms with van der Waals surface area (Å²) in [5.41, 5.74) is 8.18. The molecular formula is C17H25NOS. The summed E-state index contributed by atoms with van der Waals surface area (Å²) in [6.07, 6.45) is 9.64. The zero-order valence-corrected chi connectivity index (χ0v) is 13.2. The smallest absolute Gasteiger partial charge is 0.0687 e. The fraction of sp³-hybridized carbons (Fsp3) is 0.647. The Morgan fingerprint density at radius 1 is 1.25 bits per heavy atom. The van der Waals surface area contributed by atoms with E-state index in [4.69, 9.17) is 10.5 Å². The molecule has 1 spiro atoms. The van der Waals surface area contributed by atoms with Gasteiger partial charge in [0.25, 0.3) is 0 Å². The van der Waals surface area contributed by atoms with Crippen molar-refractivity contribution in [1.29, 1.82) is 0 Å². The molecule has 2 aliphatic rings. The third kappa shape index (κ3) is 3.15. The van der Waals surface area contributed by atoms with Crippen LogP contribution in [0.2, 0.25) is 0 Å². The maximum atomic E-state index is 6.43. The van der Waals surface area contributed by atoms with Crippen molar-refractivity contribution in [2.45, 2.75) is 68.5 Å². The second kappa shape index (κ2) is 5.98. The number of aryl methyl sites for hydroxylation is 1. The molecule has 1 atom stereocenters. The van der Waals surface area contributed by atoms with Gasteiger partial charge in [-0.3, -0.25) is 0 Å². The van der Waals surface area contributed by atoms with Crippen molar-refractivity contribution >= 4 is 17.4 Å². The Morgan fingerprint density at radius 3 is 2.80 bits per heavy atom. The van der Waals surface area contributed by atoms with Gasteiger partial charge in [0.05, 0.1) is 11.7 Å². The third-order valence-electron chi connectivity index (χ3n) is 4.73. The van der Waals surface area contributed by atoms with Crippen LogP contribution in [-0.4, -0.2) is 17.5 Å². The second-order valence-corrected chi connectivity index (χ2v) is 7.42. The maximum Gasteiger partial charge on any atom is 0.0687 e. The van der Waals surface area contributed by atoms with Crippen LogP contribution in [0.15, 0.2) is 23.1 Å². The van der Waals surface area contributed by atoms with Crippen molar-refractivity contribution in [2.24, 2.45) is 0 Å². The molecule has 2 N–H and O–H groups in total. The van der Waals surface area contributed by atoms with Gasteiger partial charge in [-0.05, 0) is 56.4 Å². The van der Waals surface area contributed by atoms with Gasteiger partial charge in [0.2, 0.25) is 0 Å². The standard InChI is InChI=1S/C17H25NOS/c1-13-11-14(18)5-6-16(13)20-12-15-7-10-17(19-15)8-3-2-4-9-17/h5-6,11,15H,2-4,7-10,12,18H2,1H3. The van der Waals surface area contributed by atoms with Gasteiger partial charge in [0.1, 0.15) is 0 Å². The molecule has 20 heavy (non-hydrogen) atoms. The molecule has 0 amide bonds. The van der Waals surface area contributed by atoms with E-state index < -0.39 is 0 Å². The van der Waals surface area contributed by atoms with Gasteiger partial charge in [0, 0.05) is 16.3 Å². The van der Waals surface area contributed by atoms with Crippen molar-refractivity contribution in [3.63, 3.8) is 0 Å². The van der Waals surface area contributed by atoms with Gasteiger partial charge < -0.3 is 10.5 Å².